The van der Waals surface area contributed by atoms with Gasteiger partial charge in [-0.3, -0.25) is 9.36 Å². The molecule has 8 nitrogen and oxygen atoms in total. The second-order valence-electron chi connectivity index (χ2n) is 7.80. The summed E-state index contributed by atoms with van der Waals surface area (Å²) in [5.41, 5.74) is 1.96. The first-order valence-corrected chi connectivity index (χ1v) is 11.7. The van der Waals surface area contributed by atoms with Gasteiger partial charge in [-0.15, -0.1) is 0 Å². The van der Waals surface area contributed by atoms with Crippen molar-refractivity contribution in [2.75, 3.05) is 6.79 Å². The van der Waals surface area contributed by atoms with Gasteiger partial charge in [0, 0.05) is 5.56 Å². The van der Waals surface area contributed by atoms with E-state index in [1.807, 2.05) is 12.1 Å². The van der Waals surface area contributed by atoms with Crippen LogP contribution in [0.3, 0.4) is 0 Å². The van der Waals surface area contributed by atoms with Gasteiger partial charge in [-0.1, -0.05) is 41.2 Å². The molecule has 174 valence electrons. The van der Waals surface area contributed by atoms with Crippen molar-refractivity contribution in [3.63, 3.8) is 0 Å². The highest BCUT2D eigenvalue weighted by molar-refractivity contribution is 7.98. The molecule has 6 rings (SSSR count). The Labute approximate surface area is 202 Å². The third kappa shape index (κ3) is 4.24. The smallest absolute Gasteiger partial charge is 0.262 e. The lowest BCUT2D eigenvalue weighted by molar-refractivity contribution is 0.174. The summed E-state index contributed by atoms with van der Waals surface area (Å²) in [4.78, 5) is 22.5. The predicted octanol–water partition coefficient (Wildman–Crippen LogP) is 4.65. The molecule has 0 fully saturated rings. The molecule has 0 saturated heterocycles. The minimum absolute atomic E-state index is 0.172. The number of aromatic nitrogens is 4. The zero-order valence-corrected chi connectivity index (χ0v) is 19.0. The van der Waals surface area contributed by atoms with E-state index < -0.39 is 0 Å². The molecule has 1 aliphatic rings. The van der Waals surface area contributed by atoms with Gasteiger partial charge in [-0.2, -0.15) is 4.98 Å². The molecule has 35 heavy (non-hydrogen) atoms. The summed E-state index contributed by atoms with van der Waals surface area (Å²) in [7, 11) is 0. The maximum atomic E-state index is 13.4. The molecule has 3 heterocycles. The summed E-state index contributed by atoms with van der Waals surface area (Å²) in [5, 5.41) is 5.09. The standard InChI is InChI=1S/C25H17FN4O4S/c26-17-8-5-15(6-9-17)12-30-24(31)18-3-1-2-4-19(18)27-25(30)35-13-22-28-23(29-34-22)16-7-10-20-21(11-16)33-14-32-20/h1-11H,12-14H2. The lowest BCUT2D eigenvalue weighted by atomic mass is 10.2. The van der Waals surface area contributed by atoms with E-state index in [0.717, 1.165) is 11.1 Å². The lowest BCUT2D eigenvalue weighted by Gasteiger charge is -2.12. The van der Waals surface area contributed by atoms with Crippen molar-refractivity contribution in [1.29, 1.82) is 0 Å². The van der Waals surface area contributed by atoms with Crippen LogP contribution in [0.15, 0.2) is 81.2 Å². The van der Waals surface area contributed by atoms with Gasteiger partial charge in [-0.25, -0.2) is 9.37 Å². The van der Waals surface area contributed by atoms with E-state index in [-0.39, 0.29) is 24.7 Å². The quantitative estimate of drug-likeness (QED) is 0.252. The summed E-state index contributed by atoms with van der Waals surface area (Å²) in [5.74, 6) is 2.10. The number of hydrogen-bond acceptors (Lipinski definition) is 8. The van der Waals surface area contributed by atoms with E-state index in [0.29, 0.717) is 45.0 Å². The first kappa shape index (κ1) is 21.4. The predicted molar refractivity (Wildman–Crippen MR) is 127 cm³/mol. The number of rotatable bonds is 6. The molecule has 0 unspecified atom stereocenters. The molecule has 3 aromatic carbocycles. The van der Waals surface area contributed by atoms with Crippen LogP contribution in [-0.2, 0) is 12.3 Å². The summed E-state index contributed by atoms with van der Waals surface area (Å²) in [6.45, 7) is 0.441. The Morgan fingerprint density at radius 2 is 1.80 bits per heavy atom. The molecule has 1 aliphatic heterocycles. The molecule has 5 aromatic rings. The number of ether oxygens (including phenoxy) is 2. The molecule has 0 bridgehead atoms. The maximum Gasteiger partial charge on any atom is 0.262 e. The number of hydrogen-bond donors (Lipinski definition) is 0. The van der Waals surface area contributed by atoms with Crippen molar-refractivity contribution in [2.45, 2.75) is 17.5 Å². The average molecular weight is 489 g/mol. The van der Waals surface area contributed by atoms with Crippen LogP contribution in [0.4, 0.5) is 4.39 Å². The highest BCUT2D eigenvalue weighted by Crippen LogP contribution is 2.35. The average Bonchev–Trinajstić information content (AvgIpc) is 3.55. The molecule has 0 radical (unpaired) electrons. The molecule has 10 heteroatoms. The first-order valence-electron chi connectivity index (χ1n) is 10.7. The van der Waals surface area contributed by atoms with Crippen molar-refractivity contribution in [3.8, 4) is 22.9 Å². The van der Waals surface area contributed by atoms with Crippen molar-refractivity contribution in [2.24, 2.45) is 0 Å². The second kappa shape index (κ2) is 8.88. The molecular weight excluding hydrogens is 471 g/mol. The fraction of sp³-hybridized carbons (Fsp3) is 0.120. The van der Waals surface area contributed by atoms with Gasteiger partial charge in [0.1, 0.15) is 5.82 Å². The van der Waals surface area contributed by atoms with Gasteiger partial charge in [0.15, 0.2) is 16.7 Å². The van der Waals surface area contributed by atoms with Crippen LogP contribution >= 0.6 is 11.8 Å². The van der Waals surface area contributed by atoms with E-state index in [2.05, 4.69) is 10.1 Å². The van der Waals surface area contributed by atoms with E-state index in [1.54, 1.807) is 47.0 Å². The largest absolute Gasteiger partial charge is 0.454 e. The zero-order chi connectivity index (χ0) is 23.8. The van der Waals surface area contributed by atoms with Crippen LogP contribution in [0.5, 0.6) is 11.5 Å². The molecule has 0 aliphatic carbocycles. The Balaban J connectivity index is 1.29. The molecule has 0 atom stereocenters. The van der Waals surface area contributed by atoms with E-state index >= 15 is 0 Å². The molecule has 0 saturated carbocycles. The zero-order valence-electron chi connectivity index (χ0n) is 18.2. The van der Waals surface area contributed by atoms with Gasteiger partial charge in [0.05, 0.1) is 23.2 Å². The van der Waals surface area contributed by atoms with E-state index in [4.69, 9.17) is 19.0 Å². The van der Waals surface area contributed by atoms with Crippen molar-refractivity contribution in [3.05, 3.63) is 94.4 Å². The van der Waals surface area contributed by atoms with Gasteiger partial charge in [-0.05, 0) is 48.0 Å². The topological polar surface area (TPSA) is 92.3 Å². The van der Waals surface area contributed by atoms with Gasteiger partial charge in [0.2, 0.25) is 18.5 Å². The number of para-hydroxylation sites is 1. The number of fused-ring (bicyclic) bond motifs is 2. The minimum Gasteiger partial charge on any atom is -0.454 e. The number of benzene rings is 3. The summed E-state index contributed by atoms with van der Waals surface area (Å²) >= 11 is 1.32. The third-order valence-corrected chi connectivity index (χ3v) is 6.47. The summed E-state index contributed by atoms with van der Waals surface area (Å²) < 4.78 is 31.1. The number of nitrogens with zero attached hydrogens (tertiary/aromatic N) is 4. The molecule has 0 N–H and O–H groups in total. The lowest BCUT2D eigenvalue weighted by Crippen LogP contribution is -2.24. The summed E-state index contributed by atoms with van der Waals surface area (Å²) in [6, 6.07) is 18.7. The van der Waals surface area contributed by atoms with Crippen LogP contribution in [0.2, 0.25) is 0 Å². The van der Waals surface area contributed by atoms with E-state index in [1.165, 1.54) is 23.9 Å². The van der Waals surface area contributed by atoms with Crippen molar-refractivity contribution in [1.82, 2.24) is 19.7 Å². The molecular formula is C25H17FN4O4S. The Hall–Kier alpha value is -4.18. The molecule has 0 spiro atoms. The van der Waals surface area contributed by atoms with Gasteiger partial charge < -0.3 is 14.0 Å². The SMILES string of the molecule is O=c1c2ccccc2nc(SCc2nc(-c3ccc4c(c3)OCO4)no2)n1Cc1ccc(F)cc1. The highest BCUT2D eigenvalue weighted by atomic mass is 32.2. The Morgan fingerprint density at radius 3 is 2.69 bits per heavy atom. The van der Waals surface area contributed by atoms with Crippen molar-refractivity contribution >= 4 is 22.7 Å². The first-order chi connectivity index (χ1) is 17.1. The Kier molecular flexibility index (Phi) is 5.42. The van der Waals surface area contributed by atoms with Gasteiger partial charge in [0.25, 0.3) is 5.56 Å². The van der Waals surface area contributed by atoms with Gasteiger partial charge >= 0.3 is 0 Å². The van der Waals surface area contributed by atoms with Crippen molar-refractivity contribution < 1.29 is 18.4 Å². The summed E-state index contributed by atoms with van der Waals surface area (Å²) in [6.07, 6.45) is 0. The normalized spacial score (nSPS) is 12.4. The highest BCUT2D eigenvalue weighted by Gasteiger charge is 2.18. The number of thioether (sulfide) groups is 1. The monoisotopic (exact) mass is 488 g/mol. The van der Waals surface area contributed by atoms with Crippen LogP contribution < -0.4 is 15.0 Å². The molecule has 0 amide bonds. The minimum atomic E-state index is -0.331. The van der Waals surface area contributed by atoms with Crippen LogP contribution in [0, 0.1) is 5.82 Å². The second-order valence-corrected chi connectivity index (χ2v) is 8.74. The number of halogens is 1. The Bertz CT molecular complexity index is 1600. The van der Waals surface area contributed by atoms with E-state index in [9.17, 15) is 9.18 Å². The Morgan fingerprint density at radius 1 is 0.971 bits per heavy atom. The van der Waals surface area contributed by atoms with Crippen LogP contribution in [0.1, 0.15) is 11.5 Å². The van der Waals surface area contributed by atoms with Crippen LogP contribution in [-0.4, -0.2) is 26.5 Å². The van der Waals surface area contributed by atoms with Crippen LogP contribution in [0.25, 0.3) is 22.3 Å². The fourth-order valence-electron chi connectivity index (χ4n) is 3.76. The maximum absolute atomic E-state index is 13.4. The fourth-order valence-corrected chi connectivity index (χ4v) is 4.60. The third-order valence-electron chi connectivity index (χ3n) is 5.50. The molecule has 2 aromatic heterocycles.